The molecule has 1 atom stereocenters. The van der Waals surface area contributed by atoms with Gasteiger partial charge in [0, 0.05) is 0 Å². The van der Waals surface area contributed by atoms with Gasteiger partial charge in [-0.25, -0.2) is 13.8 Å². The number of primary amides is 1. The number of nitrogens with zero attached hydrogens (tertiary/aromatic N) is 3. The highest BCUT2D eigenvalue weighted by atomic mass is 35.5. The lowest BCUT2D eigenvalue weighted by Gasteiger charge is -2.10. The first-order valence-corrected chi connectivity index (χ1v) is 8.31. The van der Waals surface area contributed by atoms with Crippen molar-refractivity contribution in [3.8, 4) is 5.69 Å². The van der Waals surface area contributed by atoms with Crippen molar-refractivity contribution in [1.29, 1.82) is 0 Å². The van der Waals surface area contributed by atoms with Gasteiger partial charge in [0.25, 0.3) is 4.90 Å². The molecule has 0 aliphatic carbocycles. The van der Waals surface area contributed by atoms with Crippen molar-refractivity contribution in [2.45, 2.75) is 11.8 Å². The van der Waals surface area contributed by atoms with Crippen LogP contribution in [0.1, 0.15) is 5.56 Å². The summed E-state index contributed by atoms with van der Waals surface area (Å²) < 4.78 is 13.6. The number of rotatable bonds is 3. The van der Waals surface area contributed by atoms with Crippen LogP contribution in [0.5, 0.6) is 0 Å². The Kier molecular flexibility index (Phi) is 5.23. The number of aromatic nitrogens is 2. The quantitative estimate of drug-likeness (QED) is 0.463. The SMILES string of the molecule is Cc1cc(Cl)c(-n2nc(N(S)C(N)=O)c([S+](N)[O-])c2N)c(Cl)c1. The Morgan fingerprint density at radius 1 is 1.43 bits per heavy atom. The van der Waals surface area contributed by atoms with Crippen molar-refractivity contribution < 1.29 is 9.35 Å². The highest BCUT2D eigenvalue weighted by Gasteiger charge is 2.31. The zero-order chi connectivity index (χ0) is 17.5. The molecule has 0 bridgehead atoms. The molecule has 2 amide bonds. The first kappa shape index (κ1) is 18.0. The highest BCUT2D eigenvalue weighted by Crippen LogP contribution is 2.37. The largest absolute Gasteiger partial charge is 0.593 e. The van der Waals surface area contributed by atoms with Gasteiger partial charge in [-0.1, -0.05) is 36.0 Å². The summed E-state index contributed by atoms with van der Waals surface area (Å²) in [5.74, 6) is -0.277. The molecular formula is C11H12Cl2N6O2S2. The van der Waals surface area contributed by atoms with E-state index in [2.05, 4.69) is 17.9 Å². The standard InChI is InChI=1S/C11H12Cl2N6O2S2/c1-4-2-5(12)7(6(13)3-4)18-9(14)8(23(16)21)10(17-18)19(22)11(15)20/h2-3,22H,14,16H2,1H3,(H2,15,20). The molecule has 0 aliphatic rings. The minimum atomic E-state index is -2.05. The van der Waals surface area contributed by atoms with Gasteiger partial charge in [-0.2, -0.15) is 0 Å². The summed E-state index contributed by atoms with van der Waals surface area (Å²) in [7, 11) is 0. The van der Waals surface area contributed by atoms with Crippen LogP contribution in [-0.2, 0) is 11.4 Å². The smallest absolute Gasteiger partial charge is 0.330 e. The molecule has 0 fully saturated rings. The second kappa shape index (κ2) is 6.67. The van der Waals surface area contributed by atoms with E-state index < -0.39 is 17.4 Å². The molecule has 0 aliphatic heterocycles. The first-order chi connectivity index (χ1) is 10.6. The number of amides is 2. The van der Waals surface area contributed by atoms with E-state index in [-0.39, 0.29) is 32.3 Å². The summed E-state index contributed by atoms with van der Waals surface area (Å²) in [5, 5.41) is 10.00. The lowest BCUT2D eigenvalue weighted by molar-refractivity contribution is 0.257. The van der Waals surface area contributed by atoms with Gasteiger partial charge >= 0.3 is 6.03 Å². The van der Waals surface area contributed by atoms with Crippen molar-refractivity contribution >= 4 is 65.0 Å². The Labute approximate surface area is 150 Å². The summed E-state index contributed by atoms with van der Waals surface area (Å²) in [6.07, 6.45) is 0. The Hall–Kier alpha value is -1.30. The molecule has 1 aromatic heterocycles. The Balaban J connectivity index is 2.75. The third kappa shape index (κ3) is 3.32. The lowest BCUT2D eigenvalue weighted by atomic mass is 10.2. The first-order valence-electron chi connectivity index (χ1n) is 5.94. The number of nitrogen functional groups attached to an aromatic ring is 1. The van der Waals surface area contributed by atoms with Crippen LogP contribution in [0.15, 0.2) is 17.0 Å². The van der Waals surface area contributed by atoms with Crippen molar-refractivity contribution in [3.05, 3.63) is 27.7 Å². The molecular weight excluding hydrogens is 383 g/mol. The molecule has 0 spiro atoms. The number of hydrogen-bond donors (Lipinski definition) is 4. The Morgan fingerprint density at radius 2 is 1.96 bits per heavy atom. The molecule has 2 rings (SSSR count). The summed E-state index contributed by atoms with van der Waals surface area (Å²) in [5.41, 5.74) is 12.2. The van der Waals surface area contributed by atoms with Gasteiger partial charge in [0.2, 0.25) is 5.82 Å². The van der Waals surface area contributed by atoms with Crippen molar-refractivity contribution in [2.24, 2.45) is 10.9 Å². The minimum Gasteiger partial charge on any atom is -0.593 e. The average Bonchev–Trinajstić information content (AvgIpc) is 2.74. The normalized spacial score (nSPS) is 12.3. The molecule has 124 valence electrons. The van der Waals surface area contributed by atoms with Crippen LogP contribution in [0.3, 0.4) is 0 Å². The van der Waals surface area contributed by atoms with E-state index in [1.165, 1.54) is 0 Å². The van der Waals surface area contributed by atoms with E-state index in [1.807, 2.05) is 6.92 Å². The average molecular weight is 395 g/mol. The maximum absolute atomic E-state index is 11.8. The molecule has 12 heteroatoms. The van der Waals surface area contributed by atoms with Gasteiger partial charge in [0.05, 0.1) is 21.4 Å². The third-order valence-electron chi connectivity index (χ3n) is 2.84. The second-order valence-corrected chi connectivity index (χ2v) is 6.69. The number of halogens is 2. The summed E-state index contributed by atoms with van der Waals surface area (Å²) in [6.45, 7) is 1.81. The van der Waals surface area contributed by atoms with E-state index in [0.717, 1.165) is 10.2 Å². The van der Waals surface area contributed by atoms with Gasteiger partial charge in [0.1, 0.15) is 5.69 Å². The highest BCUT2D eigenvalue weighted by molar-refractivity contribution is 7.89. The van der Waals surface area contributed by atoms with Gasteiger partial charge in [-0.3, -0.25) is 0 Å². The number of nitrogens with two attached hydrogens (primary N) is 3. The van der Waals surface area contributed by atoms with Crippen LogP contribution >= 0.6 is 36.0 Å². The number of thiol groups is 1. The Morgan fingerprint density at radius 3 is 2.39 bits per heavy atom. The number of urea groups is 1. The number of aryl methyl sites for hydroxylation is 1. The van der Waals surface area contributed by atoms with Crippen LogP contribution < -0.4 is 20.9 Å². The minimum absolute atomic E-state index is 0.103. The van der Waals surface area contributed by atoms with Gasteiger partial charge in [0.15, 0.2) is 5.82 Å². The molecule has 0 saturated heterocycles. The Bertz CT molecular complexity index is 759. The molecule has 1 unspecified atom stereocenters. The van der Waals surface area contributed by atoms with Crippen LogP contribution in [0.2, 0.25) is 10.0 Å². The van der Waals surface area contributed by atoms with Crippen LogP contribution in [0.4, 0.5) is 16.4 Å². The molecule has 0 saturated carbocycles. The predicted molar refractivity (Wildman–Crippen MR) is 94.4 cm³/mol. The fraction of sp³-hybridized carbons (Fsp3) is 0.0909. The molecule has 6 N–H and O–H groups in total. The number of benzene rings is 1. The number of carbonyl (C=O) groups excluding carboxylic acids is 1. The summed E-state index contributed by atoms with van der Waals surface area (Å²) >= 11 is 14.2. The monoisotopic (exact) mass is 394 g/mol. The topological polar surface area (TPSA) is 139 Å². The maximum atomic E-state index is 11.8. The number of hydrogen-bond acceptors (Lipinski definition) is 6. The second-order valence-electron chi connectivity index (χ2n) is 4.47. The predicted octanol–water partition coefficient (Wildman–Crippen LogP) is 1.78. The van der Waals surface area contributed by atoms with E-state index in [4.69, 9.17) is 39.8 Å². The number of anilines is 2. The van der Waals surface area contributed by atoms with E-state index in [9.17, 15) is 9.35 Å². The van der Waals surface area contributed by atoms with Gasteiger partial charge in [-0.15, -0.1) is 10.2 Å². The van der Waals surface area contributed by atoms with E-state index in [1.54, 1.807) is 12.1 Å². The fourth-order valence-electron chi connectivity index (χ4n) is 1.91. The van der Waals surface area contributed by atoms with Crippen molar-refractivity contribution in [2.75, 3.05) is 10.0 Å². The fourth-order valence-corrected chi connectivity index (χ4v) is 3.47. The molecule has 1 aromatic carbocycles. The molecule has 23 heavy (non-hydrogen) atoms. The van der Waals surface area contributed by atoms with Crippen LogP contribution in [0, 0.1) is 6.92 Å². The van der Waals surface area contributed by atoms with Gasteiger partial charge < -0.3 is 16.0 Å². The van der Waals surface area contributed by atoms with E-state index in [0.29, 0.717) is 4.31 Å². The third-order valence-corrected chi connectivity index (χ3v) is 4.60. The summed E-state index contributed by atoms with van der Waals surface area (Å²) in [6, 6.07) is 2.34. The molecule has 1 heterocycles. The molecule has 2 aromatic rings. The zero-order valence-electron chi connectivity index (χ0n) is 11.7. The van der Waals surface area contributed by atoms with E-state index >= 15 is 0 Å². The van der Waals surface area contributed by atoms with Crippen LogP contribution in [0.25, 0.3) is 5.69 Å². The summed E-state index contributed by atoms with van der Waals surface area (Å²) in [4.78, 5) is 11.2. The van der Waals surface area contributed by atoms with Crippen molar-refractivity contribution in [3.63, 3.8) is 0 Å². The maximum Gasteiger partial charge on any atom is 0.330 e. The van der Waals surface area contributed by atoms with Crippen LogP contribution in [-0.4, -0.2) is 20.4 Å². The molecule has 0 radical (unpaired) electrons. The number of carbonyl (C=O) groups is 1. The van der Waals surface area contributed by atoms with Gasteiger partial charge in [-0.05, 0) is 24.6 Å². The van der Waals surface area contributed by atoms with Crippen molar-refractivity contribution in [1.82, 2.24) is 9.78 Å². The zero-order valence-corrected chi connectivity index (χ0v) is 14.9. The molecule has 8 nitrogen and oxygen atoms in total. The lowest BCUT2D eigenvalue weighted by Crippen LogP contribution is -2.29.